The fourth-order valence-corrected chi connectivity index (χ4v) is 2.06. The summed E-state index contributed by atoms with van der Waals surface area (Å²) in [6, 6.07) is 0.441. The molecule has 0 spiro atoms. The molecule has 92 valence electrons. The second kappa shape index (κ2) is 5.15. The lowest BCUT2D eigenvalue weighted by atomic mass is 10.1. The van der Waals surface area contributed by atoms with E-state index in [-0.39, 0.29) is 11.9 Å². The van der Waals surface area contributed by atoms with E-state index in [0.29, 0.717) is 12.1 Å². The topological polar surface area (TPSA) is 41.6 Å². The summed E-state index contributed by atoms with van der Waals surface area (Å²) in [5, 5.41) is 3.06. The fraction of sp³-hybridized carbons (Fsp3) is 0.917. The van der Waals surface area contributed by atoms with Crippen molar-refractivity contribution in [3.05, 3.63) is 0 Å². The summed E-state index contributed by atoms with van der Waals surface area (Å²) in [6.07, 6.45) is 3.62. The third-order valence-electron chi connectivity index (χ3n) is 3.48. The van der Waals surface area contributed by atoms with Crippen LogP contribution in [0.1, 0.15) is 33.1 Å². The van der Waals surface area contributed by atoms with Crippen LogP contribution in [-0.2, 0) is 9.53 Å². The highest BCUT2D eigenvalue weighted by molar-refractivity contribution is 5.81. The van der Waals surface area contributed by atoms with Crippen LogP contribution in [0.25, 0.3) is 0 Å². The first-order valence-electron chi connectivity index (χ1n) is 6.36. The van der Waals surface area contributed by atoms with Crippen LogP contribution in [0, 0.1) is 0 Å². The van der Waals surface area contributed by atoms with Gasteiger partial charge in [0.05, 0.1) is 18.8 Å². The number of nitrogens with zero attached hydrogens (tertiary/aromatic N) is 1. The van der Waals surface area contributed by atoms with Crippen molar-refractivity contribution >= 4 is 5.91 Å². The minimum absolute atomic E-state index is 0.0152. The van der Waals surface area contributed by atoms with Crippen LogP contribution >= 0.6 is 0 Å². The molecule has 1 amide bonds. The average molecular weight is 226 g/mol. The third-order valence-corrected chi connectivity index (χ3v) is 3.48. The van der Waals surface area contributed by atoms with E-state index in [0.717, 1.165) is 39.0 Å². The highest BCUT2D eigenvalue weighted by Gasteiger charge is 2.30. The molecule has 2 rings (SSSR count). The van der Waals surface area contributed by atoms with Crippen molar-refractivity contribution in [1.29, 1.82) is 0 Å². The van der Waals surface area contributed by atoms with Gasteiger partial charge < -0.3 is 10.1 Å². The Bertz CT molecular complexity index is 253. The average Bonchev–Trinajstić information content (AvgIpc) is 3.12. The van der Waals surface area contributed by atoms with Crippen molar-refractivity contribution in [3.63, 3.8) is 0 Å². The van der Waals surface area contributed by atoms with Gasteiger partial charge in [-0.25, -0.2) is 0 Å². The van der Waals surface area contributed by atoms with Gasteiger partial charge in [0, 0.05) is 19.1 Å². The van der Waals surface area contributed by atoms with Crippen LogP contribution in [0.5, 0.6) is 0 Å². The van der Waals surface area contributed by atoms with Gasteiger partial charge in [-0.3, -0.25) is 9.69 Å². The zero-order valence-corrected chi connectivity index (χ0v) is 10.2. The molecule has 0 unspecified atom stereocenters. The van der Waals surface area contributed by atoms with Gasteiger partial charge in [-0.1, -0.05) is 6.92 Å². The summed E-state index contributed by atoms with van der Waals surface area (Å²) in [5.41, 5.74) is 0. The standard InChI is InChI=1S/C12H22N2O2/c1-3-11-8-14(6-7-16-11)9(2)12(15)13-10-4-5-10/h9-11H,3-8H2,1-2H3,(H,13,15)/t9-,11+/m0/s1. The number of carbonyl (C=O) groups excluding carboxylic acids is 1. The minimum atomic E-state index is -0.0152. The maximum Gasteiger partial charge on any atom is 0.237 e. The third kappa shape index (κ3) is 2.95. The molecule has 4 heteroatoms. The lowest BCUT2D eigenvalue weighted by Gasteiger charge is -2.35. The van der Waals surface area contributed by atoms with Crippen molar-refractivity contribution in [2.45, 2.75) is 51.3 Å². The van der Waals surface area contributed by atoms with Crippen LogP contribution < -0.4 is 5.32 Å². The molecule has 0 bridgehead atoms. The molecule has 0 radical (unpaired) electrons. The van der Waals surface area contributed by atoms with Crippen molar-refractivity contribution in [2.24, 2.45) is 0 Å². The van der Waals surface area contributed by atoms with Crippen LogP contribution in [0.15, 0.2) is 0 Å². The Morgan fingerprint density at radius 3 is 2.94 bits per heavy atom. The number of hydrogen-bond acceptors (Lipinski definition) is 3. The van der Waals surface area contributed by atoms with Crippen LogP contribution in [0.4, 0.5) is 0 Å². The smallest absolute Gasteiger partial charge is 0.237 e. The zero-order chi connectivity index (χ0) is 11.5. The molecule has 1 saturated heterocycles. The maximum atomic E-state index is 11.9. The number of rotatable bonds is 4. The summed E-state index contributed by atoms with van der Waals surface area (Å²) in [6.45, 7) is 6.63. The number of hydrogen-bond donors (Lipinski definition) is 1. The van der Waals surface area contributed by atoms with E-state index in [4.69, 9.17) is 4.74 Å². The second-order valence-corrected chi connectivity index (χ2v) is 4.85. The molecular formula is C12H22N2O2. The number of morpholine rings is 1. The first kappa shape index (κ1) is 11.9. The van der Waals surface area contributed by atoms with Crippen LogP contribution in [0.3, 0.4) is 0 Å². The molecule has 16 heavy (non-hydrogen) atoms. The molecule has 2 fully saturated rings. The Hall–Kier alpha value is -0.610. The Kier molecular flexibility index (Phi) is 3.82. The van der Waals surface area contributed by atoms with E-state index in [2.05, 4.69) is 17.1 Å². The SMILES string of the molecule is CC[C@@H]1CN([C@@H](C)C(=O)NC2CC2)CCO1. The monoisotopic (exact) mass is 226 g/mol. The summed E-state index contributed by atoms with van der Waals surface area (Å²) in [7, 11) is 0. The number of carbonyl (C=O) groups is 1. The summed E-state index contributed by atoms with van der Waals surface area (Å²) in [5.74, 6) is 0.180. The molecule has 0 aromatic heterocycles. The molecule has 1 aliphatic carbocycles. The lowest BCUT2D eigenvalue weighted by molar-refractivity contribution is -0.129. The van der Waals surface area contributed by atoms with Crippen molar-refractivity contribution in [3.8, 4) is 0 Å². The van der Waals surface area contributed by atoms with E-state index in [1.165, 1.54) is 0 Å². The molecule has 1 saturated carbocycles. The maximum absolute atomic E-state index is 11.9. The fourth-order valence-electron chi connectivity index (χ4n) is 2.06. The Labute approximate surface area is 97.3 Å². The lowest BCUT2D eigenvalue weighted by Crippen LogP contribution is -2.52. The largest absolute Gasteiger partial charge is 0.376 e. The summed E-state index contributed by atoms with van der Waals surface area (Å²) >= 11 is 0. The van der Waals surface area contributed by atoms with Gasteiger partial charge in [0.2, 0.25) is 5.91 Å². The van der Waals surface area contributed by atoms with E-state index in [1.807, 2.05) is 6.92 Å². The van der Waals surface area contributed by atoms with Crippen LogP contribution in [0.2, 0.25) is 0 Å². The molecule has 0 aromatic rings. The summed E-state index contributed by atoms with van der Waals surface area (Å²) in [4.78, 5) is 14.1. The van der Waals surface area contributed by atoms with E-state index in [1.54, 1.807) is 0 Å². The molecule has 2 aliphatic rings. The molecule has 1 N–H and O–H groups in total. The molecule has 1 heterocycles. The Balaban J connectivity index is 1.82. The van der Waals surface area contributed by atoms with Crippen molar-refractivity contribution in [1.82, 2.24) is 10.2 Å². The molecule has 2 atom stereocenters. The Morgan fingerprint density at radius 2 is 2.31 bits per heavy atom. The van der Waals surface area contributed by atoms with E-state index in [9.17, 15) is 4.79 Å². The first-order chi connectivity index (χ1) is 7.70. The van der Waals surface area contributed by atoms with E-state index >= 15 is 0 Å². The molecule has 1 aliphatic heterocycles. The van der Waals surface area contributed by atoms with Gasteiger partial charge in [0.25, 0.3) is 0 Å². The van der Waals surface area contributed by atoms with Gasteiger partial charge in [0.15, 0.2) is 0 Å². The summed E-state index contributed by atoms with van der Waals surface area (Å²) < 4.78 is 5.61. The minimum Gasteiger partial charge on any atom is -0.376 e. The molecule has 4 nitrogen and oxygen atoms in total. The first-order valence-corrected chi connectivity index (χ1v) is 6.36. The van der Waals surface area contributed by atoms with Crippen LogP contribution in [-0.4, -0.2) is 48.7 Å². The van der Waals surface area contributed by atoms with Gasteiger partial charge in [-0.2, -0.15) is 0 Å². The van der Waals surface area contributed by atoms with E-state index < -0.39 is 0 Å². The zero-order valence-electron chi connectivity index (χ0n) is 10.2. The van der Waals surface area contributed by atoms with Gasteiger partial charge >= 0.3 is 0 Å². The Morgan fingerprint density at radius 1 is 1.56 bits per heavy atom. The highest BCUT2D eigenvalue weighted by Crippen LogP contribution is 2.19. The highest BCUT2D eigenvalue weighted by atomic mass is 16.5. The number of nitrogens with one attached hydrogen (secondary N) is 1. The van der Waals surface area contributed by atoms with Gasteiger partial charge in [-0.15, -0.1) is 0 Å². The molecular weight excluding hydrogens is 204 g/mol. The normalized spacial score (nSPS) is 28.8. The predicted molar refractivity (Wildman–Crippen MR) is 62.2 cm³/mol. The quantitative estimate of drug-likeness (QED) is 0.769. The van der Waals surface area contributed by atoms with Gasteiger partial charge in [-0.05, 0) is 26.2 Å². The second-order valence-electron chi connectivity index (χ2n) is 4.85. The molecule has 0 aromatic carbocycles. The van der Waals surface area contributed by atoms with Crippen molar-refractivity contribution in [2.75, 3.05) is 19.7 Å². The van der Waals surface area contributed by atoms with Crippen molar-refractivity contribution < 1.29 is 9.53 Å². The number of ether oxygens (including phenoxy) is 1. The van der Waals surface area contributed by atoms with Gasteiger partial charge in [0.1, 0.15) is 0 Å². The number of amides is 1. The predicted octanol–water partition coefficient (Wildman–Crippen LogP) is 0.764.